The van der Waals surface area contributed by atoms with E-state index in [9.17, 15) is 4.39 Å². The fraction of sp³-hybridized carbons (Fsp3) is 0.444. The normalized spacial score (nSPS) is 19.6. The predicted octanol–water partition coefficient (Wildman–Crippen LogP) is 3.68. The highest BCUT2D eigenvalue weighted by Crippen LogP contribution is 2.30. The first-order chi connectivity index (χ1) is 10.7. The summed E-state index contributed by atoms with van der Waals surface area (Å²) in [5.74, 6) is 0.580. The highest BCUT2D eigenvalue weighted by molar-refractivity contribution is 5.59. The van der Waals surface area contributed by atoms with Crippen LogP contribution in [0.1, 0.15) is 27.7 Å². The highest BCUT2D eigenvalue weighted by atomic mass is 19.1. The number of benzene rings is 1. The molecule has 0 N–H and O–H groups in total. The number of morpholine rings is 1. The van der Waals surface area contributed by atoms with Crippen LogP contribution in [0, 0.1) is 5.82 Å². The molecule has 1 aromatic carbocycles. The van der Waals surface area contributed by atoms with Crippen molar-refractivity contribution in [2.75, 3.05) is 18.0 Å². The van der Waals surface area contributed by atoms with Crippen molar-refractivity contribution >= 4 is 5.82 Å². The lowest BCUT2D eigenvalue weighted by Crippen LogP contribution is -2.57. The van der Waals surface area contributed by atoms with Crippen LogP contribution < -0.4 is 4.90 Å². The summed E-state index contributed by atoms with van der Waals surface area (Å²) in [6.45, 7) is 9.87. The van der Waals surface area contributed by atoms with Gasteiger partial charge in [-0.3, -0.25) is 0 Å². The second kappa shape index (κ2) is 5.57. The monoisotopic (exact) mass is 315 g/mol. The molecule has 0 saturated carbocycles. The molecule has 2 aromatic rings. The minimum atomic E-state index is -0.254. The summed E-state index contributed by atoms with van der Waals surface area (Å²) in [6.07, 6.45) is 0. The Hall–Kier alpha value is -2.01. The maximum Gasteiger partial charge on any atom is 0.151 e. The first-order valence-corrected chi connectivity index (χ1v) is 7.79. The minimum absolute atomic E-state index is 0.237. The zero-order chi connectivity index (χ0) is 16.7. The van der Waals surface area contributed by atoms with E-state index in [4.69, 9.17) is 4.74 Å². The molecule has 1 saturated heterocycles. The molecule has 0 atom stereocenters. The number of hydrogen-bond acceptors (Lipinski definition) is 4. The smallest absolute Gasteiger partial charge is 0.151 e. The predicted molar refractivity (Wildman–Crippen MR) is 88.9 cm³/mol. The molecule has 4 nitrogen and oxygen atoms in total. The fourth-order valence-corrected chi connectivity index (χ4v) is 3.22. The number of aromatic nitrogens is 2. The average molecular weight is 315 g/mol. The molecule has 1 aromatic heterocycles. The third kappa shape index (κ3) is 3.67. The van der Waals surface area contributed by atoms with Gasteiger partial charge in [0.25, 0.3) is 0 Å². The number of hydrogen-bond donors (Lipinski definition) is 0. The average Bonchev–Trinajstić information content (AvgIpc) is 2.45. The van der Waals surface area contributed by atoms with Gasteiger partial charge in [-0.15, -0.1) is 10.2 Å². The molecule has 23 heavy (non-hydrogen) atoms. The van der Waals surface area contributed by atoms with Gasteiger partial charge in [-0.05, 0) is 64.1 Å². The van der Waals surface area contributed by atoms with Crippen molar-refractivity contribution in [1.82, 2.24) is 10.2 Å². The van der Waals surface area contributed by atoms with Gasteiger partial charge in [0, 0.05) is 18.7 Å². The summed E-state index contributed by atoms with van der Waals surface area (Å²) in [4.78, 5) is 2.20. The van der Waals surface area contributed by atoms with E-state index in [0.717, 1.165) is 30.2 Å². The van der Waals surface area contributed by atoms with Gasteiger partial charge in [0.2, 0.25) is 0 Å². The van der Waals surface area contributed by atoms with Crippen molar-refractivity contribution in [2.24, 2.45) is 0 Å². The minimum Gasteiger partial charge on any atom is -0.366 e. The maximum absolute atomic E-state index is 13.0. The summed E-state index contributed by atoms with van der Waals surface area (Å²) >= 11 is 0. The maximum atomic E-state index is 13.0. The molecular formula is C18H22FN3O. The summed E-state index contributed by atoms with van der Waals surface area (Å²) in [5, 5.41) is 8.65. The second-order valence-corrected chi connectivity index (χ2v) is 7.26. The summed E-state index contributed by atoms with van der Waals surface area (Å²) in [7, 11) is 0. The summed E-state index contributed by atoms with van der Waals surface area (Å²) in [5.41, 5.74) is 1.12. The number of anilines is 1. The Labute approximate surface area is 136 Å². The third-order valence-corrected chi connectivity index (χ3v) is 3.81. The van der Waals surface area contributed by atoms with Crippen LogP contribution in [0.5, 0.6) is 0 Å². The third-order valence-electron chi connectivity index (χ3n) is 3.81. The molecular weight excluding hydrogens is 293 g/mol. The molecule has 0 aliphatic carbocycles. The number of halogens is 1. The van der Waals surface area contributed by atoms with Crippen molar-refractivity contribution < 1.29 is 9.13 Å². The lowest BCUT2D eigenvalue weighted by atomic mass is 9.99. The SMILES string of the molecule is CC1(C)CN(c2ccc(-c3ccc(F)cc3)nn2)CC(C)(C)O1. The van der Waals surface area contributed by atoms with E-state index in [1.54, 1.807) is 12.1 Å². The van der Waals surface area contributed by atoms with E-state index in [0.29, 0.717) is 0 Å². The van der Waals surface area contributed by atoms with Crippen LogP contribution in [0.4, 0.5) is 10.2 Å². The van der Waals surface area contributed by atoms with Crippen LogP contribution in [0.15, 0.2) is 36.4 Å². The fourth-order valence-electron chi connectivity index (χ4n) is 3.22. The van der Waals surface area contributed by atoms with E-state index >= 15 is 0 Å². The van der Waals surface area contributed by atoms with Gasteiger partial charge in [0.1, 0.15) is 5.82 Å². The molecule has 5 heteroatoms. The number of ether oxygens (including phenoxy) is 1. The molecule has 2 heterocycles. The standard InChI is InChI=1S/C18H22FN3O/c1-17(2)11-22(12-18(3,4)23-17)16-10-9-15(20-21-16)13-5-7-14(19)8-6-13/h5-10H,11-12H2,1-4H3. The van der Waals surface area contributed by atoms with Crippen LogP contribution in [0.3, 0.4) is 0 Å². The molecule has 1 aliphatic heterocycles. The van der Waals surface area contributed by atoms with Crippen molar-refractivity contribution in [3.8, 4) is 11.3 Å². The number of nitrogens with zero attached hydrogens (tertiary/aromatic N) is 3. The largest absolute Gasteiger partial charge is 0.366 e. The van der Waals surface area contributed by atoms with Gasteiger partial charge in [0.15, 0.2) is 5.82 Å². The quantitative estimate of drug-likeness (QED) is 0.847. The Bertz CT molecular complexity index is 664. The Morgan fingerprint density at radius 3 is 2.04 bits per heavy atom. The van der Waals surface area contributed by atoms with Gasteiger partial charge in [0.05, 0.1) is 16.9 Å². The zero-order valence-electron chi connectivity index (χ0n) is 14.0. The lowest BCUT2D eigenvalue weighted by molar-refractivity contribution is -0.133. The Morgan fingerprint density at radius 1 is 0.913 bits per heavy atom. The first-order valence-electron chi connectivity index (χ1n) is 7.79. The van der Waals surface area contributed by atoms with Crippen molar-refractivity contribution in [2.45, 2.75) is 38.9 Å². The lowest BCUT2D eigenvalue weighted by Gasteiger charge is -2.47. The molecule has 122 valence electrons. The summed E-state index contributed by atoms with van der Waals surface area (Å²) < 4.78 is 19.1. The molecule has 3 rings (SSSR count). The van der Waals surface area contributed by atoms with Gasteiger partial charge < -0.3 is 9.64 Å². The highest BCUT2D eigenvalue weighted by Gasteiger charge is 2.38. The zero-order valence-corrected chi connectivity index (χ0v) is 14.0. The van der Waals surface area contributed by atoms with Gasteiger partial charge in [-0.1, -0.05) is 0 Å². The first kappa shape index (κ1) is 15.9. The van der Waals surface area contributed by atoms with Gasteiger partial charge in [-0.2, -0.15) is 0 Å². The van der Waals surface area contributed by atoms with E-state index in [1.165, 1.54) is 12.1 Å². The van der Waals surface area contributed by atoms with Crippen molar-refractivity contribution in [3.05, 3.63) is 42.2 Å². The molecule has 0 bridgehead atoms. The van der Waals surface area contributed by atoms with E-state index < -0.39 is 0 Å². The van der Waals surface area contributed by atoms with E-state index in [-0.39, 0.29) is 17.0 Å². The Balaban J connectivity index is 1.83. The Kier molecular flexibility index (Phi) is 3.84. The Morgan fingerprint density at radius 2 is 1.52 bits per heavy atom. The molecule has 0 amide bonds. The molecule has 0 spiro atoms. The second-order valence-electron chi connectivity index (χ2n) is 7.26. The molecule has 0 unspecified atom stereocenters. The summed E-state index contributed by atoms with van der Waals surface area (Å²) in [6, 6.07) is 10.2. The van der Waals surface area contributed by atoms with E-state index in [1.807, 2.05) is 12.1 Å². The van der Waals surface area contributed by atoms with Gasteiger partial charge in [-0.25, -0.2) is 4.39 Å². The van der Waals surface area contributed by atoms with Crippen molar-refractivity contribution in [1.29, 1.82) is 0 Å². The molecule has 1 aliphatic rings. The van der Waals surface area contributed by atoms with Crippen LogP contribution in [-0.4, -0.2) is 34.5 Å². The molecule has 0 radical (unpaired) electrons. The van der Waals surface area contributed by atoms with Crippen molar-refractivity contribution in [3.63, 3.8) is 0 Å². The van der Waals surface area contributed by atoms with Crippen LogP contribution >= 0.6 is 0 Å². The van der Waals surface area contributed by atoms with Gasteiger partial charge >= 0.3 is 0 Å². The topological polar surface area (TPSA) is 38.2 Å². The molecule has 1 fully saturated rings. The van der Waals surface area contributed by atoms with E-state index in [2.05, 4.69) is 42.8 Å². The van der Waals surface area contributed by atoms with Crippen LogP contribution in [0.25, 0.3) is 11.3 Å². The van der Waals surface area contributed by atoms with Crippen LogP contribution in [0.2, 0.25) is 0 Å². The number of rotatable bonds is 2. The van der Waals surface area contributed by atoms with Crippen LogP contribution in [-0.2, 0) is 4.74 Å².